The first kappa shape index (κ1) is 28.1. The Balaban J connectivity index is 0.00000363. The summed E-state index contributed by atoms with van der Waals surface area (Å²) in [6, 6.07) is 0. The van der Waals surface area contributed by atoms with Crippen LogP contribution in [0.15, 0.2) is 4.99 Å². The van der Waals surface area contributed by atoms with Crippen molar-refractivity contribution >= 4 is 29.9 Å². The average molecular weight is 566 g/mol. The van der Waals surface area contributed by atoms with Crippen LogP contribution in [0.25, 0.3) is 0 Å². The number of halogens is 1. The van der Waals surface area contributed by atoms with Gasteiger partial charge in [0.25, 0.3) is 0 Å². The highest BCUT2D eigenvalue weighted by molar-refractivity contribution is 14.0. The highest BCUT2D eigenvalue weighted by Gasteiger charge is 2.23. The van der Waals surface area contributed by atoms with Crippen LogP contribution in [-0.2, 0) is 9.47 Å². The van der Waals surface area contributed by atoms with Gasteiger partial charge in [0, 0.05) is 59.0 Å². The van der Waals surface area contributed by atoms with E-state index in [2.05, 4.69) is 33.9 Å². The number of piperazine rings is 1. The molecule has 0 saturated carbocycles. The van der Waals surface area contributed by atoms with Crippen LogP contribution in [0, 0.1) is 0 Å². The van der Waals surface area contributed by atoms with E-state index in [4.69, 9.17) is 14.5 Å². The van der Waals surface area contributed by atoms with E-state index in [1.165, 1.54) is 65.0 Å². The number of hydrogen-bond acceptors (Lipinski definition) is 5. The van der Waals surface area contributed by atoms with Gasteiger partial charge in [-0.25, -0.2) is 0 Å². The molecule has 0 aromatic rings. The van der Waals surface area contributed by atoms with Crippen LogP contribution in [-0.4, -0.2) is 112 Å². The second-order valence-corrected chi connectivity index (χ2v) is 9.23. The van der Waals surface area contributed by atoms with Crippen LogP contribution in [0.3, 0.4) is 0 Å². The minimum atomic E-state index is 0. The SMILES string of the molecule is CCNC(=NCCCCN1CCN(CC)CC1)N1CCC(OCC2CCCCO2)CC1.I. The molecule has 3 aliphatic heterocycles. The Morgan fingerprint density at radius 1 is 0.969 bits per heavy atom. The van der Waals surface area contributed by atoms with Crippen LogP contribution in [0.1, 0.15) is 58.8 Å². The Kier molecular flexibility index (Phi) is 14.4. The standard InChI is InChI=1S/C24H47N5O2.HI/c1-3-25-24(26-12-6-7-13-28-18-16-27(4-2)17-19-28)29-14-10-22(11-15-29)31-21-23-9-5-8-20-30-23;/h22-23H,3-21H2,1-2H3,(H,25,26);1H. The molecule has 0 radical (unpaired) electrons. The van der Waals surface area contributed by atoms with Gasteiger partial charge in [0.2, 0.25) is 0 Å². The molecule has 188 valence electrons. The Morgan fingerprint density at radius 3 is 2.38 bits per heavy atom. The van der Waals surface area contributed by atoms with Crippen LogP contribution in [0.5, 0.6) is 0 Å². The van der Waals surface area contributed by atoms with Gasteiger partial charge in [-0.3, -0.25) is 4.99 Å². The van der Waals surface area contributed by atoms with E-state index in [0.29, 0.717) is 12.2 Å². The number of aliphatic imine (C=N–C) groups is 1. The molecule has 3 fully saturated rings. The number of unbranched alkanes of at least 4 members (excludes halogenated alkanes) is 1. The predicted molar refractivity (Wildman–Crippen MR) is 143 cm³/mol. The largest absolute Gasteiger partial charge is 0.376 e. The molecule has 3 aliphatic rings. The van der Waals surface area contributed by atoms with E-state index < -0.39 is 0 Å². The summed E-state index contributed by atoms with van der Waals surface area (Å²) in [6.45, 7) is 17.3. The third-order valence-corrected chi connectivity index (χ3v) is 6.92. The summed E-state index contributed by atoms with van der Waals surface area (Å²) in [4.78, 5) is 12.5. The number of guanidine groups is 1. The quantitative estimate of drug-likeness (QED) is 0.190. The van der Waals surface area contributed by atoms with Crippen molar-refractivity contribution in [2.45, 2.75) is 71.0 Å². The highest BCUT2D eigenvalue weighted by Crippen LogP contribution is 2.18. The highest BCUT2D eigenvalue weighted by atomic mass is 127. The lowest BCUT2D eigenvalue weighted by atomic mass is 10.1. The van der Waals surface area contributed by atoms with E-state index >= 15 is 0 Å². The van der Waals surface area contributed by atoms with Crippen molar-refractivity contribution in [2.75, 3.05) is 78.7 Å². The van der Waals surface area contributed by atoms with Gasteiger partial charge < -0.3 is 29.5 Å². The molecular formula is C24H48IN5O2. The Labute approximate surface area is 213 Å². The third-order valence-electron chi connectivity index (χ3n) is 6.92. The number of rotatable bonds is 10. The number of likely N-dealkylation sites (N-methyl/N-ethyl adjacent to an activating group) is 1. The second-order valence-electron chi connectivity index (χ2n) is 9.23. The zero-order chi connectivity index (χ0) is 21.7. The summed E-state index contributed by atoms with van der Waals surface area (Å²) in [5.74, 6) is 1.09. The van der Waals surface area contributed by atoms with Gasteiger partial charge in [-0.1, -0.05) is 6.92 Å². The monoisotopic (exact) mass is 565 g/mol. The summed E-state index contributed by atoms with van der Waals surface area (Å²) >= 11 is 0. The summed E-state index contributed by atoms with van der Waals surface area (Å²) in [7, 11) is 0. The third kappa shape index (κ3) is 9.99. The van der Waals surface area contributed by atoms with E-state index in [0.717, 1.165) is 64.6 Å². The number of ether oxygens (including phenoxy) is 2. The maximum Gasteiger partial charge on any atom is 0.193 e. The predicted octanol–water partition coefficient (Wildman–Crippen LogP) is 3.04. The lowest BCUT2D eigenvalue weighted by Crippen LogP contribution is -2.47. The Hall–Kier alpha value is -0.160. The lowest BCUT2D eigenvalue weighted by molar-refractivity contribution is -0.0721. The molecule has 1 atom stereocenters. The van der Waals surface area contributed by atoms with E-state index in [1.54, 1.807) is 0 Å². The van der Waals surface area contributed by atoms with Crippen molar-refractivity contribution in [1.82, 2.24) is 20.0 Å². The van der Waals surface area contributed by atoms with Crippen molar-refractivity contribution in [1.29, 1.82) is 0 Å². The van der Waals surface area contributed by atoms with Crippen molar-refractivity contribution in [3.63, 3.8) is 0 Å². The molecule has 7 nitrogen and oxygen atoms in total. The van der Waals surface area contributed by atoms with Crippen LogP contribution >= 0.6 is 24.0 Å². The molecule has 3 rings (SSSR count). The average Bonchev–Trinajstić information content (AvgIpc) is 2.83. The topological polar surface area (TPSA) is 52.6 Å². The molecule has 3 saturated heterocycles. The molecule has 0 spiro atoms. The zero-order valence-electron chi connectivity index (χ0n) is 20.6. The fourth-order valence-corrected chi connectivity index (χ4v) is 4.80. The number of hydrogen-bond donors (Lipinski definition) is 1. The Bertz CT molecular complexity index is 503. The van der Waals surface area contributed by atoms with Crippen LogP contribution in [0.2, 0.25) is 0 Å². The van der Waals surface area contributed by atoms with Gasteiger partial charge in [-0.05, 0) is 65.0 Å². The zero-order valence-corrected chi connectivity index (χ0v) is 22.9. The first-order valence-electron chi connectivity index (χ1n) is 13.0. The molecule has 0 aromatic carbocycles. The van der Waals surface area contributed by atoms with Crippen molar-refractivity contribution in [2.24, 2.45) is 4.99 Å². The van der Waals surface area contributed by atoms with Gasteiger partial charge in [-0.15, -0.1) is 24.0 Å². The molecule has 1 N–H and O–H groups in total. The molecule has 0 aromatic heterocycles. The van der Waals surface area contributed by atoms with Crippen LogP contribution in [0.4, 0.5) is 0 Å². The van der Waals surface area contributed by atoms with E-state index in [9.17, 15) is 0 Å². The molecule has 0 bridgehead atoms. The maximum absolute atomic E-state index is 6.18. The minimum Gasteiger partial charge on any atom is -0.376 e. The van der Waals surface area contributed by atoms with Gasteiger partial charge in [-0.2, -0.15) is 0 Å². The number of piperidine rings is 1. The summed E-state index contributed by atoms with van der Waals surface area (Å²) < 4.78 is 12.0. The normalized spacial score (nSPS) is 24.4. The molecule has 0 aliphatic carbocycles. The molecule has 3 heterocycles. The number of likely N-dealkylation sites (tertiary alicyclic amines) is 1. The van der Waals surface area contributed by atoms with Crippen LogP contribution < -0.4 is 5.32 Å². The smallest absolute Gasteiger partial charge is 0.193 e. The number of nitrogens with zero attached hydrogens (tertiary/aromatic N) is 4. The fourth-order valence-electron chi connectivity index (χ4n) is 4.80. The van der Waals surface area contributed by atoms with Crippen molar-refractivity contribution in [3.8, 4) is 0 Å². The van der Waals surface area contributed by atoms with Crippen molar-refractivity contribution < 1.29 is 9.47 Å². The van der Waals surface area contributed by atoms with Gasteiger partial charge in [0.1, 0.15) is 0 Å². The Morgan fingerprint density at radius 2 is 1.72 bits per heavy atom. The molecule has 32 heavy (non-hydrogen) atoms. The minimum absolute atomic E-state index is 0. The molecular weight excluding hydrogens is 517 g/mol. The van der Waals surface area contributed by atoms with Crippen molar-refractivity contribution in [3.05, 3.63) is 0 Å². The molecule has 1 unspecified atom stereocenters. The molecule has 8 heteroatoms. The number of nitrogens with one attached hydrogen (secondary N) is 1. The lowest BCUT2D eigenvalue weighted by Gasteiger charge is -2.35. The molecule has 0 amide bonds. The second kappa shape index (κ2) is 16.5. The summed E-state index contributed by atoms with van der Waals surface area (Å²) in [6.07, 6.45) is 8.92. The first-order chi connectivity index (χ1) is 15.3. The first-order valence-corrected chi connectivity index (χ1v) is 13.0. The van der Waals surface area contributed by atoms with Gasteiger partial charge in [0.05, 0.1) is 18.8 Å². The summed E-state index contributed by atoms with van der Waals surface area (Å²) in [5, 5.41) is 3.50. The summed E-state index contributed by atoms with van der Waals surface area (Å²) in [5.41, 5.74) is 0. The van der Waals surface area contributed by atoms with E-state index in [1.807, 2.05) is 0 Å². The van der Waals surface area contributed by atoms with Gasteiger partial charge >= 0.3 is 0 Å². The fraction of sp³-hybridized carbons (Fsp3) is 0.958. The van der Waals surface area contributed by atoms with Gasteiger partial charge in [0.15, 0.2) is 5.96 Å². The van der Waals surface area contributed by atoms with E-state index in [-0.39, 0.29) is 24.0 Å². The maximum atomic E-state index is 6.18.